The number of aromatic nitrogens is 1. The number of morpholine rings is 1. The largest absolute Gasteiger partial charge is 0.378 e. The first-order valence-electron chi connectivity index (χ1n) is 6.94. The highest BCUT2D eigenvalue weighted by atomic mass is 16.6. The average Bonchev–Trinajstić information content (AvgIpc) is 2.37. The Labute approximate surface area is 118 Å². The van der Waals surface area contributed by atoms with Crippen LogP contribution < -0.4 is 4.90 Å². The smallest absolute Gasteiger partial charge is 0.245 e. The summed E-state index contributed by atoms with van der Waals surface area (Å²) in [5, 5.41) is 10.7. The molecule has 6 nitrogen and oxygen atoms in total. The van der Waals surface area contributed by atoms with Crippen molar-refractivity contribution in [2.24, 2.45) is 0 Å². The van der Waals surface area contributed by atoms with Gasteiger partial charge in [-0.05, 0) is 24.5 Å². The van der Waals surface area contributed by atoms with Crippen LogP contribution in [0.2, 0.25) is 0 Å². The molecule has 6 heteroatoms. The van der Waals surface area contributed by atoms with Crippen molar-refractivity contribution in [2.45, 2.75) is 33.2 Å². The Kier molecular flexibility index (Phi) is 4.54. The van der Waals surface area contributed by atoms with Crippen molar-refractivity contribution in [3.05, 3.63) is 33.0 Å². The van der Waals surface area contributed by atoms with Gasteiger partial charge in [-0.3, -0.25) is 10.1 Å². The van der Waals surface area contributed by atoms with E-state index in [0.29, 0.717) is 24.8 Å². The van der Waals surface area contributed by atoms with E-state index in [9.17, 15) is 10.1 Å². The quantitative estimate of drug-likeness (QED) is 0.624. The van der Waals surface area contributed by atoms with Crippen LogP contribution in [0.15, 0.2) is 6.07 Å². The minimum atomic E-state index is -0.333. The second-order valence-electron chi connectivity index (χ2n) is 5.41. The van der Waals surface area contributed by atoms with Crippen molar-refractivity contribution >= 4 is 5.82 Å². The fourth-order valence-electron chi connectivity index (χ4n) is 2.68. The topological polar surface area (TPSA) is 68.5 Å². The molecule has 2 rings (SSSR count). The molecule has 20 heavy (non-hydrogen) atoms. The molecule has 1 aromatic rings. The molecule has 0 unspecified atom stereocenters. The molecule has 1 saturated heterocycles. The van der Waals surface area contributed by atoms with Gasteiger partial charge in [-0.15, -0.1) is 0 Å². The van der Waals surface area contributed by atoms with Crippen LogP contribution in [0.3, 0.4) is 0 Å². The highest BCUT2D eigenvalue weighted by Gasteiger charge is 2.21. The average molecular weight is 279 g/mol. The van der Waals surface area contributed by atoms with Gasteiger partial charge >= 0.3 is 0 Å². The van der Waals surface area contributed by atoms with Gasteiger partial charge in [0, 0.05) is 23.6 Å². The van der Waals surface area contributed by atoms with E-state index >= 15 is 0 Å². The molecule has 2 heterocycles. The maximum Gasteiger partial charge on any atom is 0.245 e. The Morgan fingerprint density at radius 1 is 1.45 bits per heavy atom. The van der Waals surface area contributed by atoms with Crippen LogP contribution in [0.5, 0.6) is 0 Å². The van der Waals surface area contributed by atoms with E-state index in [1.54, 1.807) is 0 Å². The van der Waals surface area contributed by atoms with Crippen LogP contribution in [-0.2, 0) is 11.3 Å². The summed E-state index contributed by atoms with van der Waals surface area (Å²) in [4.78, 5) is 17.1. The Bertz CT molecular complexity index is 497. The predicted molar refractivity (Wildman–Crippen MR) is 76.8 cm³/mol. The third-order valence-corrected chi connectivity index (χ3v) is 3.48. The summed E-state index contributed by atoms with van der Waals surface area (Å²) in [6.07, 6.45) is 0. The number of nitro groups is 1. The fourth-order valence-corrected chi connectivity index (χ4v) is 2.68. The molecule has 0 N–H and O–H groups in total. The molecule has 1 aliphatic rings. The molecule has 0 saturated carbocycles. The molecular weight excluding hydrogens is 258 g/mol. The van der Waals surface area contributed by atoms with Crippen LogP contribution in [0.25, 0.3) is 0 Å². The van der Waals surface area contributed by atoms with Crippen LogP contribution in [0.1, 0.15) is 36.6 Å². The number of rotatable bonds is 4. The van der Waals surface area contributed by atoms with E-state index in [1.165, 1.54) is 5.56 Å². The molecule has 110 valence electrons. The molecule has 0 aliphatic carbocycles. The summed E-state index contributed by atoms with van der Waals surface area (Å²) < 4.78 is 5.37. The van der Waals surface area contributed by atoms with E-state index < -0.39 is 0 Å². The van der Waals surface area contributed by atoms with Gasteiger partial charge in [0.15, 0.2) is 0 Å². The summed E-state index contributed by atoms with van der Waals surface area (Å²) in [5.74, 6) is 1.23. The number of ether oxygens (including phenoxy) is 1. The Hall–Kier alpha value is -1.69. The van der Waals surface area contributed by atoms with Crippen LogP contribution in [0, 0.1) is 17.0 Å². The highest BCUT2D eigenvalue weighted by molar-refractivity contribution is 5.53. The first-order chi connectivity index (χ1) is 9.49. The highest BCUT2D eigenvalue weighted by Crippen LogP contribution is 2.30. The molecule has 0 radical (unpaired) electrons. The van der Waals surface area contributed by atoms with Gasteiger partial charge in [-0.2, -0.15) is 0 Å². The minimum Gasteiger partial charge on any atom is -0.378 e. The van der Waals surface area contributed by atoms with Crippen molar-refractivity contribution in [1.29, 1.82) is 0 Å². The SMILES string of the molecule is Cc1cc(C[N+](=O)[O-])nc(N2CCOCC2)c1C(C)C. The second kappa shape index (κ2) is 6.17. The van der Waals surface area contributed by atoms with E-state index in [0.717, 1.165) is 24.5 Å². The number of hydrogen-bond donors (Lipinski definition) is 0. The third-order valence-electron chi connectivity index (χ3n) is 3.48. The standard InChI is InChI=1S/C14H21N3O3/c1-10(2)13-11(3)8-12(9-17(18)19)15-14(13)16-4-6-20-7-5-16/h8,10H,4-7,9H2,1-3H3. The third kappa shape index (κ3) is 3.25. The summed E-state index contributed by atoms with van der Waals surface area (Å²) in [7, 11) is 0. The van der Waals surface area contributed by atoms with Crippen molar-refractivity contribution in [1.82, 2.24) is 4.98 Å². The Morgan fingerprint density at radius 2 is 2.10 bits per heavy atom. The van der Waals surface area contributed by atoms with E-state index in [4.69, 9.17) is 4.74 Å². The van der Waals surface area contributed by atoms with Gasteiger partial charge in [0.2, 0.25) is 6.54 Å². The van der Waals surface area contributed by atoms with E-state index in [-0.39, 0.29) is 11.5 Å². The number of aryl methyl sites for hydroxylation is 1. The van der Waals surface area contributed by atoms with Gasteiger partial charge < -0.3 is 9.64 Å². The molecule has 0 aromatic carbocycles. The summed E-state index contributed by atoms with van der Waals surface area (Å²) in [6, 6.07) is 1.84. The molecule has 1 aromatic heterocycles. The van der Waals surface area contributed by atoms with Crippen molar-refractivity contribution < 1.29 is 9.66 Å². The lowest BCUT2D eigenvalue weighted by Gasteiger charge is -2.31. The van der Waals surface area contributed by atoms with E-state index in [1.807, 2.05) is 13.0 Å². The normalized spacial score (nSPS) is 15.7. The first-order valence-corrected chi connectivity index (χ1v) is 6.94. The van der Waals surface area contributed by atoms with Gasteiger partial charge in [-0.25, -0.2) is 4.98 Å². The van der Waals surface area contributed by atoms with Gasteiger partial charge in [0.25, 0.3) is 0 Å². The van der Waals surface area contributed by atoms with Crippen molar-refractivity contribution in [2.75, 3.05) is 31.2 Å². The minimum absolute atomic E-state index is 0.226. The van der Waals surface area contributed by atoms with Crippen LogP contribution >= 0.6 is 0 Å². The van der Waals surface area contributed by atoms with Gasteiger partial charge in [-0.1, -0.05) is 13.8 Å². The molecular formula is C14H21N3O3. The molecule has 0 spiro atoms. The zero-order valence-corrected chi connectivity index (χ0v) is 12.3. The summed E-state index contributed by atoms with van der Waals surface area (Å²) in [6.45, 7) is 8.96. The molecule has 0 amide bonds. The predicted octanol–water partition coefficient (Wildman–Crippen LogP) is 2.13. The zero-order chi connectivity index (χ0) is 14.7. The molecule has 1 aliphatic heterocycles. The second-order valence-corrected chi connectivity index (χ2v) is 5.41. The summed E-state index contributed by atoms with van der Waals surface area (Å²) >= 11 is 0. The lowest BCUT2D eigenvalue weighted by Crippen LogP contribution is -2.37. The van der Waals surface area contributed by atoms with Gasteiger partial charge in [0.05, 0.1) is 13.2 Å². The Morgan fingerprint density at radius 3 is 2.65 bits per heavy atom. The number of hydrogen-bond acceptors (Lipinski definition) is 5. The van der Waals surface area contributed by atoms with Crippen LogP contribution in [-0.4, -0.2) is 36.2 Å². The van der Waals surface area contributed by atoms with E-state index in [2.05, 4.69) is 23.7 Å². The zero-order valence-electron chi connectivity index (χ0n) is 12.3. The number of anilines is 1. The number of nitrogens with zero attached hydrogens (tertiary/aromatic N) is 3. The van der Waals surface area contributed by atoms with Gasteiger partial charge in [0.1, 0.15) is 11.5 Å². The first kappa shape index (κ1) is 14.7. The lowest BCUT2D eigenvalue weighted by atomic mass is 9.97. The summed E-state index contributed by atoms with van der Waals surface area (Å²) in [5.41, 5.74) is 2.78. The lowest BCUT2D eigenvalue weighted by molar-refractivity contribution is -0.497. The Balaban J connectivity index is 2.43. The maximum absolute atomic E-state index is 10.7. The molecule has 1 fully saturated rings. The molecule has 0 bridgehead atoms. The van der Waals surface area contributed by atoms with Crippen LogP contribution in [0.4, 0.5) is 5.82 Å². The molecule has 0 atom stereocenters. The van der Waals surface area contributed by atoms with Crippen molar-refractivity contribution in [3.63, 3.8) is 0 Å². The monoisotopic (exact) mass is 279 g/mol. The maximum atomic E-state index is 10.7. The van der Waals surface area contributed by atoms with Crippen molar-refractivity contribution in [3.8, 4) is 0 Å². The number of pyridine rings is 1. The fraction of sp³-hybridized carbons (Fsp3) is 0.643.